The van der Waals surface area contributed by atoms with Crippen LogP contribution in [0, 0.1) is 12.7 Å². The Morgan fingerprint density at radius 3 is 2.71 bits per heavy atom. The molecule has 21 heavy (non-hydrogen) atoms. The van der Waals surface area contributed by atoms with Crippen molar-refractivity contribution < 1.29 is 9.13 Å². The van der Waals surface area contributed by atoms with Crippen LogP contribution in [-0.4, -0.2) is 6.61 Å². The van der Waals surface area contributed by atoms with Crippen LogP contribution >= 0.6 is 27.5 Å². The van der Waals surface area contributed by atoms with Crippen molar-refractivity contribution >= 4 is 27.5 Å². The number of alkyl halides is 1. The summed E-state index contributed by atoms with van der Waals surface area (Å²) in [7, 11) is 0. The van der Waals surface area contributed by atoms with Gasteiger partial charge in [0.25, 0.3) is 0 Å². The Balaban J connectivity index is 2.32. The maximum Gasteiger partial charge on any atom is 0.127 e. The van der Waals surface area contributed by atoms with Gasteiger partial charge in [-0.1, -0.05) is 51.3 Å². The highest BCUT2D eigenvalue weighted by atomic mass is 79.9. The SMILES string of the molecule is CCOc1ccc(C)cc1C(Br)Cc1c(F)cccc1Cl. The molecule has 0 bridgehead atoms. The van der Waals surface area contributed by atoms with Crippen LogP contribution in [0.1, 0.15) is 28.4 Å². The van der Waals surface area contributed by atoms with Gasteiger partial charge in [0.05, 0.1) is 6.61 Å². The lowest BCUT2D eigenvalue weighted by Crippen LogP contribution is -2.03. The first-order valence-corrected chi connectivity index (χ1v) is 8.12. The Bertz CT molecular complexity index is 610. The highest BCUT2D eigenvalue weighted by molar-refractivity contribution is 9.09. The van der Waals surface area contributed by atoms with Crippen LogP contribution in [0.3, 0.4) is 0 Å². The zero-order valence-electron chi connectivity index (χ0n) is 12.0. The molecule has 0 aliphatic heterocycles. The van der Waals surface area contributed by atoms with E-state index in [1.807, 2.05) is 26.0 Å². The molecule has 0 radical (unpaired) electrons. The standard InChI is InChI=1S/C17H17BrClFO/c1-3-21-17-8-7-11(2)9-12(17)14(18)10-13-15(19)5-4-6-16(13)20/h4-9,14H,3,10H2,1-2H3. The summed E-state index contributed by atoms with van der Waals surface area (Å²) in [6.45, 7) is 4.56. The highest BCUT2D eigenvalue weighted by Gasteiger charge is 2.18. The van der Waals surface area contributed by atoms with Gasteiger partial charge in [0.1, 0.15) is 11.6 Å². The number of halogens is 3. The topological polar surface area (TPSA) is 9.23 Å². The average Bonchev–Trinajstić information content (AvgIpc) is 2.45. The Labute approximate surface area is 138 Å². The van der Waals surface area contributed by atoms with Crippen molar-refractivity contribution in [2.75, 3.05) is 6.61 Å². The second-order valence-corrected chi connectivity index (χ2v) is 6.36. The minimum absolute atomic E-state index is 0.0617. The Kier molecular flexibility index (Phi) is 5.65. The first-order chi connectivity index (χ1) is 10.0. The molecule has 0 saturated carbocycles. The number of hydrogen-bond acceptors (Lipinski definition) is 1. The maximum absolute atomic E-state index is 13.9. The molecule has 0 amide bonds. The molecule has 0 saturated heterocycles. The van der Waals surface area contributed by atoms with Crippen molar-refractivity contribution in [2.45, 2.75) is 25.1 Å². The molecule has 1 nitrogen and oxygen atoms in total. The molecule has 0 fully saturated rings. The van der Waals surface area contributed by atoms with Crippen LogP contribution < -0.4 is 4.74 Å². The van der Waals surface area contributed by atoms with Crippen LogP contribution in [0.4, 0.5) is 4.39 Å². The third kappa shape index (κ3) is 3.98. The van der Waals surface area contributed by atoms with Gasteiger partial charge in [0.2, 0.25) is 0 Å². The first-order valence-electron chi connectivity index (χ1n) is 6.83. The maximum atomic E-state index is 13.9. The molecule has 0 spiro atoms. The lowest BCUT2D eigenvalue weighted by Gasteiger charge is -2.17. The molecule has 0 heterocycles. The third-order valence-corrected chi connectivity index (χ3v) is 4.42. The molecule has 1 atom stereocenters. The molecular formula is C17H17BrClFO. The number of hydrogen-bond donors (Lipinski definition) is 0. The number of benzene rings is 2. The minimum atomic E-state index is -0.280. The molecule has 0 aliphatic rings. The van der Waals surface area contributed by atoms with Crippen LogP contribution in [0.5, 0.6) is 5.75 Å². The van der Waals surface area contributed by atoms with E-state index in [1.165, 1.54) is 6.07 Å². The predicted octanol–water partition coefficient (Wildman–Crippen LogP) is 5.86. The van der Waals surface area contributed by atoms with E-state index >= 15 is 0 Å². The molecule has 0 aliphatic carbocycles. The van der Waals surface area contributed by atoms with Crippen LogP contribution in [-0.2, 0) is 6.42 Å². The van der Waals surface area contributed by atoms with E-state index in [2.05, 4.69) is 22.0 Å². The monoisotopic (exact) mass is 370 g/mol. The normalized spacial score (nSPS) is 12.2. The van der Waals surface area contributed by atoms with Crippen molar-refractivity contribution in [3.63, 3.8) is 0 Å². The van der Waals surface area contributed by atoms with Gasteiger partial charge in [-0.05, 0) is 38.5 Å². The molecule has 2 aromatic rings. The first kappa shape index (κ1) is 16.3. The van der Waals surface area contributed by atoms with Crippen LogP contribution in [0.25, 0.3) is 0 Å². The molecule has 2 rings (SSSR count). The molecule has 112 valence electrons. The van der Waals surface area contributed by atoms with Crippen molar-refractivity contribution in [3.05, 3.63) is 63.9 Å². The quantitative estimate of drug-likeness (QED) is 0.598. The second-order valence-electron chi connectivity index (χ2n) is 4.85. The van der Waals surface area contributed by atoms with E-state index in [1.54, 1.807) is 12.1 Å². The van der Waals surface area contributed by atoms with Gasteiger partial charge < -0.3 is 4.74 Å². The fourth-order valence-corrected chi connectivity index (χ4v) is 3.14. The van der Waals surface area contributed by atoms with Gasteiger partial charge in [-0.25, -0.2) is 4.39 Å². The summed E-state index contributed by atoms with van der Waals surface area (Å²) in [6.07, 6.45) is 0.467. The number of ether oxygens (including phenoxy) is 1. The third-order valence-electron chi connectivity index (χ3n) is 3.25. The van der Waals surface area contributed by atoms with E-state index in [0.717, 1.165) is 16.9 Å². The summed E-state index contributed by atoms with van der Waals surface area (Å²) >= 11 is 9.74. The summed E-state index contributed by atoms with van der Waals surface area (Å²) < 4.78 is 19.6. The fourth-order valence-electron chi connectivity index (χ4n) is 2.22. The van der Waals surface area contributed by atoms with Crippen molar-refractivity contribution in [1.82, 2.24) is 0 Å². The predicted molar refractivity (Wildman–Crippen MR) is 89.1 cm³/mol. The fraction of sp³-hybridized carbons (Fsp3) is 0.294. The number of aryl methyl sites for hydroxylation is 1. The Morgan fingerprint density at radius 1 is 1.29 bits per heavy atom. The average molecular weight is 372 g/mol. The van der Waals surface area contributed by atoms with Gasteiger partial charge in [0.15, 0.2) is 0 Å². The van der Waals surface area contributed by atoms with E-state index in [9.17, 15) is 4.39 Å². The summed E-state index contributed by atoms with van der Waals surface area (Å²) in [5, 5.41) is 0.449. The summed E-state index contributed by atoms with van der Waals surface area (Å²) in [4.78, 5) is -0.0617. The Hall–Kier alpha value is -1.06. The van der Waals surface area contributed by atoms with Crippen LogP contribution in [0.2, 0.25) is 5.02 Å². The zero-order valence-corrected chi connectivity index (χ0v) is 14.3. The minimum Gasteiger partial charge on any atom is -0.494 e. The van der Waals surface area contributed by atoms with Crippen molar-refractivity contribution in [1.29, 1.82) is 0 Å². The molecular weight excluding hydrogens is 355 g/mol. The van der Waals surface area contributed by atoms with E-state index in [0.29, 0.717) is 23.6 Å². The van der Waals surface area contributed by atoms with Gasteiger partial charge in [-0.15, -0.1) is 0 Å². The highest BCUT2D eigenvalue weighted by Crippen LogP contribution is 2.36. The lowest BCUT2D eigenvalue weighted by atomic mass is 10.0. The summed E-state index contributed by atoms with van der Waals surface area (Å²) in [5.41, 5.74) is 2.67. The molecule has 2 aromatic carbocycles. The summed E-state index contributed by atoms with van der Waals surface area (Å²) in [5.74, 6) is 0.537. The van der Waals surface area contributed by atoms with E-state index < -0.39 is 0 Å². The summed E-state index contributed by atoms with van der Waals surface area (Å²) in [6, 6.07) is 10.8. The largest absolute Gasteiger partial charge is 0.494 e. The van der Waals surface area contributed by atoms with Gasteiger partial charge in [-0.2, -0.15) is 0 Å². The lowest BCUT2D eigenvalue weighted by molar-refractivity contribution is 0.336. The molecule has 0 N–H and O–H groups in total. The smallest absolute Gasteiger partial charge is 0.127 e. The zero-order chi connectivity index (χ0) is 15.4. The molecule has 4 heteroatoms. The second kappa shape index (κ2) is 7.28. The molecule has 0 aromatic heterocycles. The van der Waals surface area contributed by atoms with Crippen molar-refractivity contribution in [3.8, 4) is 5.75 Å². The Morgan fingerprint density at radius 2 is 2.05 bits per heavy atom. The van der Waals surface area contributed by atoms with E-state index in [4.69, 9.17) is 16.3 Å². The van der Waals surface area contributed by atoms with E-state index in [-0.39, 0.29) is 10.6 Å². The van der Waals surface area contributed by atoms with Crippen molar-refractivity contribution in [2.24, 2.45) is 0 Å². The van der Waals surface area contributed by atoms with Gasteiger partial charge in [0, 0.05) is 21.0 Å². The van der Waals surface area contributed by atoms with Gasteiger partial charge >= 0.3 is 0 Å². The molecule has 1 unspecified atom stereocenters. The van der Waals surface area contributed by atoms with Gasteiger partial charge in [-0.3, -0.25) is 0 Å². The van der Waals surface area contributed by atoms with Crippen LogP contribution in [0.15, 0.2) is 36.4 Å². The number of rotatable bonds is 5.